The Morgan fingerprint density at radius 1 is 1.04 bits per heavy atom. The van der Waals surface area contributed by atoms with Crippen molar-refractivity contribution in [3.63, 3.8) is 0 Å². The van der Waals surface area contributed by atoms with Gasteiger partial charge in [0.1, 0.15) is 5.75 Å². The number of hydrogen-bond acceptors (Lipinski definition) is 4. The summed E-state index contributed by atoms with van der Waals surface area (Å²) in [6, 6.07) is 15.1. The molecule has 2 aromatic rings. The molecule has 0 fully saturated rings. The molecule has 0 spiro atoms. The first kappa shape index (κ1) is 21.2. The largest absolute Gasteiger partial charge is 0.484 e. The molecule has 0 aliphatic heterocycles. The van der Waals surface area contributed by atoms with Crippen molar-refractivity contribution in [2.45, 2.75) is 40.0 Å². The van der Waals surface area contributed by atoms with E-state index in [1.165, 1.54) is 0 Å². The van der Waals surface area contributed by atoms with Crippen LogP contribution in [0.4, 0.5) is 5.69 Å². The van der Waals surface area contributed by atoms with E-state index < -0.39 is 0 Å². The SMILES string of the molecule is C/C(CC(=O)Nc1ccccc1C(C)C)=N/NC(=O)COc1ccc(C)cc1. The summed E-state index contributed by atoms with van der Waals surface area (Å²) in [6.07, 6.45) is 0.0888. The number of rotatable bonds is 8. The van der Waals surface area contributed by atoms with Crippen molar-refractivity contribution in [1.29, 1.82) is 0 Å². The molecule has 0 aromatic heterocycles. The number of hydrogen-bond donors (Lipinski definition) is 2. The van der Waals surface area contributed by atoms with E-state index in [-0.39, 0.29) is 24.8 Å². The van der Waals surface area contributed by atoms with Gasteiger partial charge in [0, 0.05) is 11.4 Å². The van der Waals surface area contributed by atoms with Crippen molar-refractivity contribution >= 4 is 23.2 Å². The summed E-state index contributed by atoms with van der Waals surface area (Å²) in [7, 11) is 0. The molecule has 2 aromatic carbocycles. The molecule has 148 valence electrons. The molecule has 0 saturated heterocycles. The van der Waals surface area contributed by atoms with Gasteiger partial charge in [-0.25, -0.2) is 5.43 Å². The summed E-state index contributed by atoms with van der Waals surface area (Å²) < 4.78 is 5.39. The van der Waals surface area contributed by atoms with Crippen molar-refractivity contribution in [2.24, 2.45) is 5.10 Å². The number of anilines is 1. The lowest BCUT2D eigenvalue weighted by atomic mass is 10.0. The van der Waals surface area contributed by atoms with Gasteiger partial charge in [0.05, 0.1) is 6.42 Å². The molecule has 0 radical (unpaired) electrons. The Balaban J connectivity index is 1.80. The van der Waals surface area contributed by atoms with Crippen LogP contribution in [0.5, 0.6) is 5.75 Å². The van der Waals surface area contributed by atoms with Crippen molar-refractivity contribution in [2.75, 3.05) is 11.9 Å². The van der Waals surface area contributed by atoms with E-state index in [9.17, 15) is 9.59 Å². The summed E-state index contributed by atoms with van der Waals surface area (Å²) in [5.74, 6) is 0.355. The van der Waals surface area contributed by atoms with Crippen LogP contribution in [0, 0.1) is 6.92 Å². The maximum absolute atomic E-state index is 12.3. The Labute approximate surface area is 166 Å². The van der Waals surface area contributed by atoms with Crippen LogP contribution in [0.15, 0.2) is 53.6 Å². The lowest BCUT2D eigenvalue weighted by Gasteiger charge is -2.13. The normalized spacial score (nSPS) is 11.2. The van der Waals surface area contributed by atoms with Crippen LogP contribution in [0.1, 0.15) is 44.2 Å². The number of nitrogens with zero attached hydrogens (tertiary/aromatic N) is 1. The third-order valence-electron chi connectivity index (χ3n) is 4.04. The quantitative estimate of drug-likeness (QED) is 0.535. The summed E-state index contributed by atoms with van der Waals surface area (Å²) in [6.45, 7) is 7.67. The van der Waals surface area contributed by atoms with Gasteiger partial charge in [-0.1, -0.05) is 49.7 Å². The van der Waals surface area contributed by atoms with Crippen LogP contribution in [-0.2, 0) is 9.59 Å². The predicted molar refractivity (Wildman–Crippen MR) is 112 cm³/mol. The number of ether oxygens (including phenoxy) is 1. The molecule has 2 N–H and O–H groups in total. The van der Waals surface area contributed by atoms with E-state index in [0.29, 0.717) is 17.4 Å². The zero-order chi connectivity index (χ0) is 20.5. The molecular formula is C22H27N3O3. The molecule has 0 saturated carbocycles. The molecular weight excluding hydrogens is 354 g/mol. The molecule has 0 unspecified atom stereocenters. The van der Waals surface area contributed by atoms with Gasteiger partial charge in [0.2, 0.25) is 5.91 Å². The monoisotopic (exact) mass is 381 g/mol. The molecule has 6 nitrogen and oxygen atoms in total. The highest BCUT2D eigenvalue weighted by Gasteiger charge is 2.10. The smallest absolute Gasteiger partial charge is 0.277 e. The lowest BCUT2D eigenvalue weighted by Crippen LogP contribution is -2.26. The molecule has 2 rings (SSSR count). The summed E-state index contributed by atoms with van der Waals surface area (Å²) in [4.78, 5) is 24.1. The number of carbonyl (C=O) groups is 2. The number of benzene rings is 2. The summed E-state index contributed by atoms with van der Waals surface area (Å²) in [5.41, 5.74) is 5.90. The van der Waals surface area contributed by atoms with Crippen molar-refractivity contribution in [1.82, 2.24) is 5.43 Å². The van der Waals surface area contributed by atoms with Gasteiger partial charge < -0.3 is 10.1 Å². The molecule has 0 bridgehead atoms. The summed E-state index contributed by atoms with van der Waals surface area (Å²) >= 11 is 0. The fourth-order valence-electron chi connectivity index (χ4n) is 2.55. The predicted octanol–water partition coefficient (Wildman–Crippen LogP) is 4.02. The molecule has 2 amide bonds. The number of amides is 2. The molecule has 0 aliphatic rings. The minimum Gasteiger partial charge on any atom is -0.484 e. The third kappa shape index (κ3) is 6.87. The van der Waals surface area contributed by atoms with Crippen molar-refractivity contribution in [3.05, 3.63) is 59.7 Å². The van der Waals surface area contributed by atoms with E-state index >= 15 is 0 Å². The number of hydrazone groups is 1. The number of nitrogens with one attached hydrogen (secondary N) is 2. The van der Waals surface area contributed by atoms with Crippen LogP contribution < -0.4 is 15.5 Å². The lowest BCUT2D eigenvalue weighted by molar-refractivity contribution is -0.123. The Hall–Kier alpha value is -3.15. The van der Waals surface area contributed by atoms with Gasteiger partial charge in [-0.05, 0) is 43.5 Å². The third-order valence-corrected chi connectivity index (χ3v) is 4.04. The first-order valence-electron chi connectivity index (χ1n) is 9.25. The highest BCUT2D eigenvalue weighted by atomic mass is 16.5. The molecule has 0 aliphatic carbocycles. The van der Waals surface area contributed by atoms with Gasteiger partial charge >= 0.3 is 0 Å². The van der Waals surface area contributed by atoms with E-state index in [0.717, 1.165) is 16.8 Å². The Bertz CT molecular complexity index is 842. The second-order valence-electron chi connectivity index (χ2n) is 6.95. The Morgan fingerprint density at radius 3 is 2.39 bits per heavy atom. The maximum Gasteiger partial charge on any atom is 0.277 e. The molecule has 0 atom stereocenters. The minimum atomic E-state index is -0.384. The van der Waals surface area contributed by atoms with Gasteiger partial charge in [-0.3, -0.25) is 9.59 Å². The van der Waals surface area contributed by atoms with Crippen LogP contribution in [0.2, 0.25) is 0 Å². The van der Waals surface area contributed by atoms with E-state index in [1.807, 2.05) is 43.3 Å². The molecule has 28 heavy (non-hydrogen) atoms. The van der Waals surface area contributed by atoms with Gasteiger partial charge in [-0.15, -0.1) is 0 Å². The highest BCUT2D eigenvalue weighted by Crippen LogP contribution is 2.23. The first-order valence-corrected chi connectivity index (χ1v) is 9.25. The van der Waals surface area contributed by atoms with Gasteiger partial charge in [0.25, 0.3) is 5.91 Å². The van der Waals surface area contributed by atoms with Crippen LogP contribution in [0.3, 0.4) is 0 Å². The van der Waals surface area contributed by atoms with Gasteiger partial charge in [0.15, 0.2) is 6.61 Å². The van der Waals surface area contributed by atoms with Crippen LogP contribution >= 0.6 is 0 Å². The second kappa shape index (κ2) is 10.3. The van der Waals surface area contributed by atoms with Crippen LogP contribution in [-0.4, -0.2) is 24.1 Å². The topological polar surface area (TPSA) is 79.8 Å². The number of carbonyl (C=O) groups excluding carboxylic acids is 2. The Kier molecular flexibility index (Phi) is 7.75. The van der Waals surface area contributed by atoms with Crippen molar-refractivity contribution < 1.29 is 14.3 Å². The fraction of sp³-hybridized carbons (Fsp3) is 0.318. The van der Waals surface area contributed by atoms with E-state index in [1.54, 1.807) is 19.1 Å². The van der Waals surface area contributed by atoms with Gasteiger partial charge in [-0.2, -0.15) is 5.10 Å². The average Bonchev–Trinajstić information content (AvgIpc) is 2.66. The van der Waals surface area contributed by atoms with Crippen molar-refractivity contribution in [3.8, 4) is 5.75 Å². The zero-order valence-corrected chi connectivity index (χ0v) is 16.8. The number of para-hydroxylation sites is 1. The molecule has 0 heterocycles. The fourth-order valence-corrected chi connectivity index (χ4v) is 2.55. The average molecular weight is 381 g/mol. The first-order chi connectivity index (χ1) is 13.3. The zero-order valence-electron chi connectivity index (χ0n) is 16.8. The maximum atomic E-state index is 12.3. The standard InChI is InChI=1S/C22H27N3O3/c1-15(2)19-7-5-6-8-20(19)23-21(26)13-17(4)24-25-22(27)14-28-18-11-9-16(3)10-12-18/h5-12,15H,13-14H2,1-4H3,(H,23,26)(H,25,27)/b24-17-. The van der Waals surface area contributed by atoms with Crippen LogP contribution in [0.25, 0.3) is 0 Å². The van der Waals surface area contributed by atoms with E-state index in [4.69, 9.17) is 4.74 Å². The summed E-state index contributed by atoms with van der Waals surface area (Å²) in [5, 5.41) is 6.87. The highest BCUT2D eigenvalue weighted by molar-refractivity contribution is 6.06. The van der Waals surface area contributed by atoms with E-state index in [2.05, 4.69) is 29.7 Å². The minimum absolute atomic E-state index is 0.0888. The number of aryl methyl sites for hydroxylation is 1. The molecule has 6 heteroatoms. The second-order valence-corrected chi connectivity index (χ2v) is 6.95. The Morgan fingerprint density at radius 2 is 1.71 bits per heavy atom.